The van der Waals surface area contributed by atoms with E-state index in [-0.39, 0.29) is 0 Å². The smallest absolute Gasteiger partial charge is 0.0161 e. The monoisotopic (exact) mass is 206 g/mol. The highest BCUT2D eigenvalue weighted by molar-refractivity contribution is 5.22. The Hall–Kier alpha value is -0.860. The first-order valence-electron chi connectivity index (χ1n) is 5.71. The Labute approximate surface area is 92.9 Å². The third-order valence-corrected chi connectivity index (χ3v) is 2.57. The third kappa shape index (κ3) is 4.96. The Morgan fingerprint density at radius 1 is 1.40 bits per heavy atom. The van der Waals surface area contributed by atoms with Gasteiger partial charge in [0.15, 0.2) is 0 Å². The van der Waals surface area contributed by atoms with Gasteiger partial charge in [0.1, 0.15) is 0 Å². The quantitative estimate of drug-likeness (QED) is 0.697. The molecule has 0 bridgehead atoms. The lowest BCUT2D eigenvalue weighted by molar-refractivity contribution is 0.543. The molecule has 1 unspecified atom stereocenters. The molecule has 0 heterocycles. The van der Waals surface area contributed by atoms with Crippen LogP contribution in [0.25, 0.3) is 0 Å². The van der Waals surface area contributed by atoms with Gasteiger partial charge in [-0.15, -0.1) is 0 Å². The van der Waals surface area contributed by atoms with Crippen LogP contribution in [0.2, 0.25) is 0 Å². The molecular formula is C13H22N2. The molecule has 0 saturated heterocycles. The van der Waals surface area contributed by atoms with E-state index < -0.39 is 0 Å². The molecule has 0 radical (unpaired) electrons. The number of aryl methyl sites for hydroxylation is 2. The summed E-state index contributed by atoms with van der Waals surface area (Å²) in [6.45, 7) is 6.02. The van der Waals surface area contributed by atoms with Crippen LogP contribution >= 0.6 is 0 Å². The van der Waals surface area contributed by atoms with Gasteiger partial charge in [-0.1, -0.05) is 29.8 Å². The Morgan fingerprint density at radius 2 is 2.20 bits per heavy atom. The van der Waals surface area contributed by atoms with E-state index in [4.69, 9.17) is 5.73 Å². The average Bonchev–Trinajstić information content (AvgIpc) is 2.24. The summed E-state index contributed by atoms with van der Waals surface area (Å²) in [5.41, 5.74) is 8.29. The number of benzene rings is 1. The van der Waals surface area contributed by atoms with Crippen LogP contribution in [-0.4, -0.2) is 19.1 Å². The highest BCUT2D eigenvalue weighted by Crippen LogP contribution is 2.05. The molecule has 3 N–H and O–H groups in total. The molecule has 0 aliphatic rings. The molecule has 1 aromatic carbocycles. The fourth-order valence-corrected chi connectivity index (χ4v) is 1.59. The molecule has 0 amide bonds. The van der Waals surface area contributed by atoms with Gasteiger partial charge >= 0.3 is 0 Å². The summed E-state index contributed by atoms with van der Waals surface area (Å²) in [6, 6.07) is 9.15. The number of nitrogens with two attached hydrogens (primary N) is 1. The lowest BCUT2D eigenvalue weighted by atomic mass is 10.1. The second kappa shape index (κ2) is 6.59. The van der Waals surface area contributed by atoms with Crippen molar-refractivity contribution in [1.82, 2.24) is 5.32 Å². The zero-order chi connectivity index (χ0) is 11.1. The summed E-state index contributed by atoms with van der Waals surface area (Å²) < 4.78 is 0. The van der Waals surface area contributed by atoms with Gasteiger partial charge in [-0.2, -0.15) is 0 Å². The highest BCUT2D eigenvalue weighted by Gasteiger charge is 1.97. The first kappa shape index (κ1) is 12.2. The molecule has 0 saturated carbocycles. The third-order valence-electron chi connectivity index (χ3n) is 2.57. The summed E-state index contributed by atoms with van der Waals surface area (Å²) in [6.07, 6.45) is 2.32. The molecule has 2 nitrogen and oxygen atoms in total. The van der Waals surface area contributed by atoms with Gasteiger partial charge in [-0.05, 0) is 38.8 Å². The van der Waals surface area contributed by atoms with E-state index in [1.54, 1.807) is 0 Å². The minimum absolute atomic E-state index is 0.433. The van der Waals surface area contributed by atoms with Crippen LogP contribution in [0, 0.1) is 6.92 Å². The molecule has 0 aliphatic heterocycles. The predicted octanol–water partition coefficient (Wildman–Crippen LogP) is 1.86. The minimum atomic E-state index is 0.433. The second-order valence-electron chi connectivity index (χ2n) is 4.18. The van der Waals surface area contributed by atoms with Crippen molar-refractivity contribution in [3.05, 3.63) is 35.4 Å². The van der Waals surface area contributed by atoms with Crippen molar-refractivity contribution < 1.29 is 0 Å². The lowest BCUT2D eigenvalue weighted by Crippen LogP contribution is -2.33. The molecule has 2 heteroatoms. The Balaban J connectivity index is 2.20. The van der Waals surface area contributed by atoms with E-state index in [1.165, 1.54) is 17.5 Å². The van der Waals surface area contributed by atoms with E-state index in [1.807, 2.05) is 0 Å². The summed E-state index contributed by atoms with van der Waals surface area (Å²) >= 11 is 0. The standard InChI is InChI=1S/C13H22N2/c1-11-5-3-6-13(9-11)7-4-8-15-12(2)10-14/h3,5-6,9,12,15H,4,7-8,10,14H2,1-2H3. The molecular weight excluding hydrogens is 184 g/mol. The van der Waals surface area contributed by atoms with Crippen LogP contribution in [0.3, 0.4) is 0 Å². The van der Waals surface area contributed by atoms with E-state index in [0.29, 0.717) is 12.6 Å². The molecule has 0 spiro atoms. The van der Waals surface area contributed by atoms with Crippen LogP contribution in [0.1, 0.15) is 24.5 Å². The number of rotatable bonds is 6. The zero-order valence-electron chi connectivity index (χ0n) is 9.79. The van der Waals surface area contributed by atoms with Crippen LogP contribution in [0.15, 0.2) is 24.3 Å². The molecule has 0 aliphatic carbocycles. The Morgan fingerprint density at radius 3 is 2.87 bits per heavy atom. The molecule has 15 heavy (non-hydrogen) atoms. The topological polar surface area (TPSA) is 38.0 Å². The van der Waals surface area contributed by atoms with Crippen molar-refractivity contribution in [3.63, 3.8) is 0 Å². The molecule has 1 aromatic rings. The van der Waals surface area contributed by atoms with Gasteiger partial charge < -0.3 is 11.1 Å². The van der Waals surface area contributed by atoms with Gasteiger partial charge in [0.2, 0.25) is 0 Å². The van der Waals surface area contributed by atoms with Crippen molar-refractivity contribution in [2.24, 2.45) is 5.73 Å². The Bertz CT molecular complexity index is 284. The van der Waals surface area contributed by atoms with E-state index in [9.17, 15) is 0 Å². The first-order chi connectivity index (χ1) is 7.22. The largest absolute Gasteiger partial charge is 0.329 e. The normalized spacial score (nSPS) is 12.7. The fraction of sp³-hybridized carbons (Fsp3) is 0.538. The van der Waals surface area contributed by atoms with Crippen molar-refractivity contribution in [2.45, 2.75) is 32.7 Å². The van der Waals surface area contributed by atoms with E-state index in [0.717, 1.165) is 13.0 Å². The maximum Gasteiger partial charge on any atom is 0.0161 e. The van der Waals surface area contributed by atoms with E-state index >= 15 is 0 Å². The van der Waals surface area contributed by atoms with Crippen molar-refractivity contribution in [3.8, 4) is 0 Å². The van der Waals surface area contributed by atoms with Crippen molar-refractivity contribution in [2.75, 3.05) is 13.1 Å². The van der Waals surface area contributed by atoms with Crippen molar-refractivity contribution in [1.29, 1.82) is 0 Å². The SMILES string of the molecule is Cc1cccc(CCCNC(C)CN)c1. The minimum Gasteiger partial charge on any atom is -0.329 e. The molecule has 84 valence electrons. The first-order valence-corrected chi connectivity index (χ1v) is 5.71. The lowest BCUT2D eigenvalue weighted by Gasteiger charge is -2.10. The summed E-state index contributed by atoms with van der Waals surface area (Å²) in [4.78, 5) is 0. The molecule has 1 rings (SSSR count). The summed E-state index contributed by atoms with van der Waals surface area (Å²) in [5.74, 6) is 0. The highest BCUT2D eigenvalue weighted by atomic mass is 14.9. The summed E-state index contributed by atoms with van der Waals surface area (Å²) in [7, 11) is 0. The number of hydrogen-bond donors (Lipinski definition) is 2. The van der Waals surface area contributed by atoms with Gasteiger partial charge in [0, 0.05) is 12.6 Å². The summed E-state index contributed by atoms with van der Waals surface area (Å²) in [5, 5.41) is 3.39. The van der Waals surface area contributed by atoms with E-state index in [2.05, 4.69) is 43.4 Å². The van der Waals surface area contributed by atoms with Gasteiger partial charge in [0.05, 0.1) is 0 Å². The maximum atomic E-state index is 5.52. The van der Waals surface area contributed by atoms with Crippen LogP contribution in [0.4, 0.5) is 0 Å². The van der Waals surface area contributed by atoms with Crippen LogP contribution < -0.4 is 11.1 Å². The average molecular weight is 206 g/mol. The maximum absolute atomic E-state index is 5.52. The Kier molecular flexibility index (Phi) is 5.37. The van der Waals surface area contributed by atoms with Crippen molar-refractivity contribution >= 4 is 0 Å². The molecule has 0 fully saturated rings. The molecule has 1 atom stereocenters. The number of hydrogen-bond acceptors (Lipinski definition) is 2. The predicted molar refractivity (Wildman–Crippen MR) is 66.0 cm³/mol. The zero-order valence-corrected chi connectivity index (χ0v) is 9.79. The number of nitrogens with one attached hydrogen (secondary N) is 1. The molecule has 0 aromatic heterocycles. The van der Waals surface area contributed by atoms with Crippen LogP contribution in [-0.2, 0) is 6.42 Å². The van der Waals surface area contributed by atoms with Gasteiger partial charge in [0.25, 0.3) is 0 Å². The van der Waals surface area contributed by atoms with Crippen LogP contribution in [0.5, 0.6) is 0 Å². The van der Waals surface area contributed by atoms with Gasteiger partial charge in [-0.3, -0.25) is 0 Å². The fourth-order valence-electron chi connectivity index (χ4n) is 1.59. The van der Waals surface area contributed by atoms with Gasteiger partial charge in [-0.25, -0.2) is 0 Å². The second-order valence-corrected chi connectivity index (χ2v) is 4.18.